The molecule has 0 saturated carbocycles. The van der Waals surface area contributed by atoms with Crippen LogP contribution in [0.25, 0.3) is 0 Å². The Morgan fingerprint density at radius 2 is 2.33 bits per heavy atom. The molecule has 0 unspecified atom stereocenters. The van der Waals surface area contributed by atoms with Crippen molar-refractivity contribution >= 4 is 22.5 Å². The first kappa shape index (κ1) is 6.76. The van der Waals surface area contributed by atoms with Gasteiger partial charge in [-0.3, -0.25) is 0 Å². The van der Waals surface area contributed by atoms with Gasteiger partial charge in [-0.15, -0.1) is 0 Å². The Labute approximate surface area is 52.6 Å². The molecule has 0 aromatic heterocycles. The molecule has 0 aromatic carbocycles. The van der Waals surface area contributed by atoms with Gasteiger partial charge in [0.25, 0.3) is 0 Å². The van der Waals surface area contributed by atoms with E-state index in [4.69, 9.17) is 0 Å². The molecule has 1 N–H and O–H groups in total. The van der Waals surface area contributed by atoms with Crippen molar-refractivity contribution in [2.75, 3.05) is 13.1 Å². The van der Waals surface area contributed by atoms with E-state index in [2.05, 4.69) is 12.2 Å². The molecule has 2 heteroatoms. The van der Waals surface area contributed by atoms with Gasteiger partial charge >= 0.3 is 52.3 Å². The molecule has 0 saturated heterocycles. The van der Waals surface area contributed by atoms with E-state index in [-0.39, 0.29) is 0 Å². The van der Waals surface area contributed by atoms with E-state index in [1.807, 2.05) is 0 Å². The fourth-order valence-electron chi connectivity index (χ4n) is 0.265. The molecule has 0 fully saturated rings. The third kappa shape index (κ3) is 4.76. The summed E-state index contributed by atoms with van der Waals surface area (Å²) in [6, 6.07) is 0. The summed E-state index contributed by atoms with van der Waals surface area (Å²) < 4.78 is 1.33. The van der Waals surface area contributed by atoms with Crippen LogP contribution in [0.1, 0.15) is 6.92 Å². The van der Waals surface area contributed by atoms with Crippen molar-refractivity contribution in [1.82, 2.24) is 5.32 Å². The molecular weight excluding hydrogens is 181 g/mol. The molecule has 6 heavy (non-hydrogen) atoms. The average molecular weight is 191 g/mol. The van der Waals surface area contributed by atoms with Crippen LogP contribution in [-0.2, 0) is 0 Å². The van der Waals surface area contributed by atoms with Gasteiger partial charge in [0.05, 0.1) is 0 Å². The molecule has 0 heterocycles. The Morgan fingerprint density at radius 3 is 2.50 bits per heavy atom. The van der Waals surface area contributed by atoms with Gasteiger partial charge in [-0.1, -0.05) is 0 Å². The maximum atomic E-state index is 3.22. The van der Waals surface area contributed by atoms with Gasteiger partial charge in [-0.05, 0) is 0 Å². The van der Waals surface area contributed by atoms with Gasteiger partial charge in [-0.25, -0.2) is 0 Å². The second-order valence-corrected chi connectivity index (χ2v) is 2.53. The molecule has 0 rings (SSSR count). The first-order valence-electron chi connectivity index (χ1n) is 2.27. The average Bonchev–Trinajstić information content (AvgIpc) is 1.61. The van der Waals surface area contributed by atoms with Gasteiger partial charge in [0, 0.05) is 0 Å². The zero-order chi connectivity index (χ0) is 4.83. The zero-order valence-electron chi connectivity index (χ0n) is 4.12. The summed E-state index contributed by atoms with van der Waals surface area (Å²) in [5.41, 5.74) is 0. The fourth-order valence-corrected chi connectivity index (χ4v) is 0.770. The number of hydrogen-bond acceptors (Lipinski definition) is 1. The van der Waals surface area contributed by atoms with E-state index in [0.717, 1.165) is 6.54 Å². The first-order chi connectivity index (χ1) is 2.91. The van der Waals surface area contributed by atoms with Crippen molar-refractivity contribution in [1.29, 1.82) is 0 Å². The van der Waals surface area contributed by atoms with Crippen LogP contribution < -0.4 is 5.32 Å². The zero-order valence-corrected chi connectivity index (χ0v) is 6.98. The number of rotatable bonds is 3. The summed E-state index contributed by atoms with van der Waals surface area (Å²) in [6.07, 6.45) is 0. The Balaban J connectivity index is 2.34. The van der Waals surface area contributed by atoms with Gasteiger partial charge in [0.2, 0.25) is 0 Å². The van der Waals surface area contributed by atoms with Crippen LogP contribution in [0.5, 0.6) is 0 Å². The molecule has 0 aliphatic heterocycles. The van der Waals surface area contributed by atoms with Crippen molar-refractivity contribution in [2.45, 2.75) is 11.4 Å². The third-order valence-corrected chi connectivity index (χ3v) is 1.27. The molecule has 0 radical (unpaired) electrons. The first-order valence-corrected chi connectivity index (χ1v) is 4.29. The molecule has 0 bridgehead atoms. The third-order valence-electron chi connectivity index (χ3n) is 0.552. The second kappa shape index (κ2) is 5.76. The van der Waals surface area contributed by atoms with E-state index >= 15 is 0 Å². The van der Waals surface area contributed by atoms with Crippen molar-refractivity contribution in [2.24, 2.45) is 0 Å². The van der Waals surface area contributed by atoms with Crippen LogP contribution in [0, 0.1) is 0 Å². The molecule has 1 nitrogen and oxygen atoms in total. The molecule has 0 atom stereocenters. The number of nitrogens with one attached hydrogen (secondary N) is 1. The molecular formula is C4H10NSn+3. The van der Waals surface area contributed by atoms with Crippen molar-refractivity contribution in [3.05, 3.63) is 0 Å². The monoisotopic (exact) mass is 192 g/mol. The van der Waals surface area contributed by atoms with E-state index in [1.54, 1.807) is 22.5 Å². The fraction of sp³-hybridized carbons (Fsp3) is 1.00. The Hall–Kier alpha value is 0.759. The Morgan fingerprint density at radius 1 is 1.67 bits per heavy atom. The van der Waals surface area contributed by atoms with Gasteiger partial charge in [0.1, 0.15) is 0 Å². The standard InChI is InChI=1S/C4H10N.Sn/c1-3-5-4-2;/h5H,1,3-4H2,2H3;/q;+3. The van der Waals surface area contributed by atoms with Crippen LogP contribution in [0.3, 0.4) is 0 Å². The quantitative estimate of drug-likeness (QED) is 0.495. The normalized spacial score (nSPS) is 9.17. The van der Waals surface area contributed by atoms with Crippen molar-refractivity contribution < 1.29 is 0 Å². The molecule has 0 spiro atoms. The summed E-state index contributed by atoms with van der Waals surface area (Å²) in [5, 5.41) is 3.22. The maximum absolute atomic E-state index is 3.22. The van der Waals surface area contributed by atoms with E-state index in [9.17, 15) is 0 Å². The molecule has 0 aliphatic carbocycles. The minimum atomic E-state index is 1.12. The van der Waals surface area contributed by atoms with Crippen LogP contribution >= 0.6 is 0 Å². The Bertz CT molecular complexity index is 19.5. The number of hydrogen-bond donors (Lipinski definition) is 1. The van der Waals surface area contributed by atoms with E-state index in [1.165, 1.54) is 11.0 Å². The minimum absolute atomic E-state index is 1.12. The van der Waals surface area contributed by atoms with Crippen LogP contribution in [0.2, 0.25) is 4.44 Å². The molecule has 32 valence electrons. The van der Waals surface area contributed by atoms with Crippen LogP contribution in [-0.4, -0.2) is 35.6 Å². The summed E-state index contributed by atoms with van der Waals surface area (Å²) in [4.78, 5) is 0. The SMILES string of the molecule is CCNC[CH2][Sn+3]. The summed E-state index contributed by atoms with van der Waals surface area (Å²) in [6.45, 7) is 4.45. The summed E-state index contributed by atoms with van der Waals surface area (Å²) in [5.74, 6) is 0. The molecule has 0 aliphatic rings. The van der Waals surface area contributed by atoms with Crippen molar-refractivity contribution in [3.8, 4) is 0 Å². The van der Waals surface area contributed by atoms with Gasteiger partial charge < -0.3 is 0 Å². The molecule has 0 amide bonds. The van der Waals surface area contributed by atoms with Crippen molar-refractivity contribution in [3.63, 3.8) is 0 Å². The van der Waals surface area contributed by atoms with Gasteiger partial charge in [0.15, 0.2) is 0 Å². The Kier molecular flexibility index (Phi) is 6.49. The summed E-state index contributed by atoms with van der Waals surface area (Å²) in [7, 11) is 0. The van der Waals surface area contributed by atoms with Gasteiger partial charge in [-0.2, -0.15) is 0 Å². The molecule has 0 aromatic rings. The topological polar surface area (TPSA) is 12.0 Å². The van der Waals surface area contributed by atoms with Crippen LogP contribution in [0.15, 0.2) is 0 Å². The second-order valence-electron chi connectivity index (χ2n) is 1.10. The van der Waals surface area contributed by atoms with Crippen LogP contribution in [0.4, 0.5) is 0 Å². The van der Waals surface area contributed by atoms with E-state index < -0.39 is 0 Å². The summed E-state index contributed by atoms with van der Waals surface area (Å²) >= 11 is 1.63. The predicted molar refractivity (Wildman–Crippen MR) is 29.1 cm³/mol. The predicted octanol–water partition coefficient (Wildman–Crippen LogP) is 0.183. The van der Waals surface area contributed by atoms with E-state index in [0.29, 0.717) is 0 Å².